The molecule has 0 aromatic carbocycles. The number of rotatable bonds is 3. The minimum absolute atomic E-state index is 0.0245. The van der Waals surface area contributed by atoms with E-state index in [0.717, 1.165) is 11.5 Å². The van der Waals surface area contributed by atoms with E-state index in [-0.39, 0.29) is 22.3 Å². The molecule has 0 atom stereocenters. The first kappa shape index (κ1) is 14.6. The number of carboxylic acids is 1. The van der Waals surface area contributed by atoms with Gasteiger partial charge in [-0.25, -0.2) is 4.79 Å². The molecule has 0 radical (unpaired) electrons. The summed E-state index contributed by atoms with van der Waals surface area (Å²) < 4.78 is 4.09. The highest BCUT2D eigenvalue weighted by Crippen LogP contribution is 2.25. The fourth-order valence-corrected chi connectivity index (χ4v) is 2.36. The standard InChI is InChI=1S/C12H18N2O3S/c1-6(2)8-7(11(16)17)9(18-14-8)10(15)13-12(3,4)5/h6H,1-5H3,(H,13,15)(H,16,17). The van der Waals surface area contributed by atoms with Gasteiger partial charge in [-0.15, -0.1) is 0 Å². The van der Waals surface area contributed by atoms with Crippen LogP contribution in [0.4, 0.5) is 0 Å². The van der Waals surface area contributed by atoms with E-state index in [1.54, 1.807) is 0 Å². The summed E-state index contributed by atoms with van der Waals surface area (Å²) in [6.45, 7) is 9.24. The van der Waals surface area contributed by atoms with Gasteiger partial charge in [-0.1, -0.05) is 13.8 Å². The molecular weight excluding hydrogens is 252 g/mol. The Balaban J connectivity index is 3.18. The predicted molar refractivity (Wildman–Crippen MR) is 70.4 cm³/mol. The van der Waals surface area contributed by atoms with Crippen LogP contribution in [0.2, 0.25) is 0 Å². The summed E-state index contributed by atoms with van der Waals surface area (Å²) in [6.07, 6.45) is 0. The van der Waals surface area contributed by atoms with Crippen LogP contribution in [0.15, 0.2) is 0 Å². The van der Waals surface area contributed by atoms with Gasteiger partial charge in [-0.05, 0) is 38.2 Å². The van der Waals surface area contributed by atoms with Crippen LogP contribution in [0, 0.1) is 0 Å². The number of hydrogen-bond donors (Lipinski definition) is 2. The highest BCUT2D eigenvalue weighted by molar-refractivity contribution is 7.08. The number of carbonyl (C=O) groups is 2. The minimum atomic E-state index is -1.11. The normalized spacial score (nSPS) is 11.7. The lowest BCUT2D eigenvalue weighted by Crippen LogP contribution is -2.40. The second-order valence-electron chi connectivity index (χ2n) is 5.44. The fourth-order valence-electron chi connectivity index (χ4n) is 1.46. The monoisotopic (exact) mass is 270 g/mol. The molecule has 0 fully saturated rings. The van der Waals surface area contributed by atoms with Crippen LogP contribution in [0.3, 0.4) is 0 Å². The van der Waals surface area contributed by atoms with Crippen molar-refractivity contribution >= 4 is 23.4 Å². The van der Waals surface area contributed by atoms with E-state index in [2.05, 4.69) is 9.69 Å². The van der Waals surface area contributed by atoms with Crippen molar-refractivity contribution in [2.75, 3.05) is 0 Å². The minimum Gasteiger partial charge on any atom is -0.478 e. The van der Waals surface area contributed by atoms with E-state index >= 15 is 0 Å². The molecule has 0 saturated heterocycles. The Morgan fingerprint density at radius 2 is 1.89 bits per heavy atom. The van der Waals surface area contributed by atoms with Crippen molar-refractivity contribution in [1.29, 1.82) is 0 Å². The summed E-state index contributed by atoms with van der Waals surface area (Å²) in [4.78, 5) is 23.5. The number of nitrogens with zero attached hydrogens (tertiary/aromatic N) is 1. The summed E-state index contributed by atoms with van der Waals surface area (Å²) in [5, 5.41) is 12.0. The smallest absolute Gasteiger partial charge is 0.339 e. The molecule has 1 amide bonds. The first-order chi connectivity index (χ1) is 8.13. The molecule has 2 N–H and O–H groups in total. The number of carboxylic acid groups (broad SMARTS) is 1. The van der Waals surface area contributed by atoms with Gasteiger partial charge in [0.25, 0.3) is 5.91 Å². The average Bonchev–Trinajstić information content (AvgIpc) is 2.58. The third-order valence-corrected chi connectivity index (χ3v) is 3.03. The molecule has 0 aliphatic heterocycles. The fraction of sp³-hybridized carbons (Fsp3) is 0.583. The summed E-state index contributed by atoms with van der Waals surface area (Å²) >= 11 is 0.939. The molecule has 0 aliphatic carbocycles. The summed E-state index contributed by atoms with van der Waals surface area (Å²) in [5.41, 5.74) is 0.0813. The number of hydrogen-bond acceptors (Lipinski definition) is 4. The Kier molecular flexibility index (Phi) is 4.11. The van der Waals surface area contributed by atoms with Gasteiger partial charge in [0.15, 0.2) is 0 Å². The topological polar surface area (TPSA) is 79.3 Å². The van der Waals surface area contributed by atoms with Gasteiger partial charge >= 0.3 is 5.97 Å². The summed E-state index contributed by atoms with van der Waals surface area (Å²) in [7, 11) is 0. The van der Waals surface area contributed by atoms with Crippen LogP contribution in [-0.4, -0.2) is 26.9 Å². The van der Waals surface area contributed by atoms with Crippen LogP contribution in [0.1, 0.15) is 66.3 Å². The highest BCUT2D eigenvalue weighted by Gasteiger charge is 2.28. The SMILES string of the molecule is CC(C)c1nsc(C(=O)NC(C)(C)C)c1C(=O)O. The molecule has 1 heterocycles. The molecule has 0 spiro atoms. The molecule has 1 aromatic rings. The van der Waals surface area contributed by atoms with Crippen molar-refractivity contribution in [1.82, 2.24) is 9.69 Å². The van der Waals surface area contributed by atoms with E-state index < -0.39 is 11.5 Å². The second kappa shape index (κ2) is 5.06. The van der Waals surface area contributed by atoms with E-state index in [9.17, 15) is 14.7 Å². The molecule has 0 unspecified atom stereocenters. The molecule has 100 valence electrons. The van der Waals surface area contributed by atoms with E-state index in [4.69, 9.17) is 0 Å². The Labute approximate surface area is 110 Å². The van der Waals surface area contributed by atoms with E-state index in [0.29, 0.717) is 5.69 Å². The number of nitrogens with one attached hydrogen (secondary N) is 1. The third-order valence-electron chi connectivity index (χ3n) is 2.17. The zero-order valence-corrected chi connectivity index (χ0v) is 12.0. The number of carbonyl (C=O) groups excluding carboxylic acids is 1. The van der Waals surface area contributed by atoms with Crippen molar-refractivity contribution in [3.63, 3.8) is 0 Å². The van der Waals surface area contributed by atoms with E-state index in [1.807, 2.05) is 34.6 Å². The third kappa shape index (κ3) is 3.29. The second-order valence-corrected chi connectivity index (χ2v) is 6.21. The zero-order valence-electron chi connectivity index (χ0n) is 11.2. The average molecular weight is 270 g/mol. The predicted octanol–water partition coefficient (Wildman–Crippen LogP) is 2.49. The molecular formula is C12H18N2O3S. The maximum absolute atomic E-state index is 12.0. The van der Waals surface area contributed by atoms with Gasteiger partial charge < -0.3 is 10.4 Å². The lowest BCUT2D eigenvalue weighted by atomic mass is 10.0. The van der Waals surface area contributed by atoms with Crippen molar-refractivity contribution in [2.24, 2.45) is 0 Å². The largest absolute Gasteiger partial charge is 0.478 e. The number of aromatic nitrogens is 1. The molecule has 6 heteroatoms. The van der Waals surface area contributed by atoms with Gasteiger partial charge in [0.1, 0.15) is 10.4 Å². The Morgan fingerprint density at radius 3 is 2.28 bits per heavy atom. The number of aromatic carboxylic acids is 1. The van der Waals surface area contributed by atoms with Gasteiger partial charge in [-0.3, -0.25) is 4.79 Å². The lowest BCUT2D eigenvalue weighted by Gasteiger charge is -2.20. The van der Waals surface area contributed by atoms with Crippen LogP contribution in [0.25, 0.3) is 0 Å². The Morgan fingerprint density at radius 1 is 1.33 bits per heavy atom. The molecule has 0 aliphatic rings. The van der Waals surface area contributed by atoms with Crippen LogP contribution < -0.4 is 5.32 Å². The number of amides is 1. The van der Waals surface area contributed by atoms with Crippen molar-refractivity contribution in [2.45, 2.75) is 46.1 Å². The van der Waals surface area contributed by atoms with Crippen LogP contribution in [0.5, 0.6) is 0 Å². The molecule has 1 rings (SSSR count). The van der Waals surface area contributed by atoms with Gasteiger partial charge in [-0.2, -0.15) is 4.37 Å². The molecule has 1 aromatic heterocycles. The maximum atomic E-state index is 12.0. The van der Waals surface area contributed by atoms with Gasteiger partial charge in [0.2, 0.25) is 0 Å². The zero-order chi connectivity index (χ0) is 14.1. The lowest BCUT2D eigenvalue weighted by molar-refractivity contribution is 0.0689. The van der Waals surface area contributed by atoms with E-state index in [1.165, 1.54) is 0 Å². The summed E-state index contributed by atoms with van der Waals surface area (Å²) in [6, 6.07) is 0. The Bertz CT molecular complexity index is 472. The molecule has 0 bridgehead atoms. The first-order valence-electron chi connectivity index (χ1n) is 5.69. The molecule has 18 heavy (non-hydrogen) atoms. The first-order valence-corrected chi connectivity index (χ1v) is 6.46. The van der Waals surface area contributed by atoms with Crippen molar-refractivity contribution in [3.05, 3.63) is 16.1 Å². The maximum Gasteiger partial charge on any atom is 0.339 e. The van der Waals surface area contributed by atoms with Crippen LogP contribution in [-0.2, 0) is 0 Å². The van der Waals surface area contributed by atoms with Crippen molar-refractivity contribution in [3.8, 4) is 0 Å². The quantitative estimate of drug-likeness (QED) is 0.884. The van der Waals surface area contributed by atoms with Gasteiger partial charge in [0, 0.05) is 5.54 Å². The highest BCUT2D eigenvalue weighted by atomic mass is 32.1. The Hall–Kier alpha value is -1.43. The molecule has 5 nitrogen and oxygen atoms in total. The van der Waals surface area contributed by atoms with Crippen LogP contribution >= 0.6 is 11.5 Å². The summed E-state index contributed by atoms with van der Waals surface area (Å²) in [5.74, 6) is -1.51. The van der Waals surface area contributed by atoms with Crippen molar-refractivity contribution < 1.29 is 14.7 Å². The van der Waals surface area contributed by atoms with Gasteiger partial charge in [0.05, 0.1) is 5.69 Å². The molecule has 0 saturated carbocycles.